The molecule has 0 amide bonds. The van der Waals surface area contributed by atoms with Crippen LogP contribution in [-0.4, -0.2) is 9.91 Å². The van der Waals surface area contributed by atoms with E-state index >= 15 is 0 Å². The van der Waals surface area contributed by atoms with Gasteiger partial charge in [0.2, 0.25) is 0 Å². The summed E-state index contributed by atoms with van der Waals surface area (Å²) >= 11 is 0. The van der Waals surface area contributed by atoms with Crippen molar-refractivity contribution in [3.8, 4) is 0 Å². The fraction of sp³-hybridized carbons (Fsp3) is 0.267. The first-order valence-corrected chi connectivity index (χ1v) is 6.53. The van der Waals surface area contributed by atoms with Gasteiger partial charge in [-0.05, 0) is 31.5 Å². The maximum absolute atomic E-state index is 12.8. The molecule has 21 heavy (non-hydrogen) atoms. The van der Waals surface area contributed by atoms with E-state index in [0.717, 1.165) is 5.56 Å². The van der Waals surface area contributed by atoms with Crippen LogP contribution in [0.2, 0.25) is 0 Å². The van der Waals surface area contributed by atoms with Crippen LogP contribution in [0.4, 0.5) is 10.1 Å². The van der Waals surface area contributed by atoms with Crippen LogP contribution in [0.3, 0.4) is 0 Å². The lowest BCUT2D eigenvalue weighted by Gasteiger charge is -2.09. The van der Waals surface area contributed by atoms with Crippen molar-refractivity contribution in [2.45, 2.75) is 26.9 Å². The average Bonchev–Trinajstić information content (AvgIpc) is 2.43. The standard InChI is InChI=1S/C15H16FN3O2/c1-10-7-18-14(11(2)15(10)19(20)21)9-17-8-12-3-5-13(16)6-4-12/h3-7,17H,8-9H2,1-2H3. The van der Waals surface area contributed by atoms with Gasteiger partial charge in [-0.2, -0.15) is 0 Å². The third-order valence-electron chi connectivity index (χ3n) is 3.29. The predicted octanol–water partition coefficient (Wildman–Crippen LogP) is 3.04. The van der Waals surface area contributed by atoms with Crippen LogP contribution in [0.5, 0.6) is 0 Å². The molecule has 0 radical (unpaired) electrons. The normalized spacial score (nSPS) is 10.6. The van der Waals surface area contributed by atoms with Gasteiger partial charge in [0.05, 0.1) is 10.6 Å². The summed E-state index contributed by atoms with van der Waals surface area (Å²) in [5.74, 6) is -0.273. The summed E-state index contributed by atoms with van der Waals surface area (Å²) in [6.07, 6.45) is 1.51. The van der Waals surface area contributed by atoms with Crippen LogP contribution < -0.4 is 5.32 Å². The first-order chi connectivity index (χ1) is 9.99. The van der Waals surface area contributed by atoms with E-state index in [9.17, 15) is 14.5 Å². The number of hydrogen-bond acceptors (Lipinski definition) is 4. The Morgan fingerprint density at radius 1 is 1.24 bits per heavy atom. The van der Waals surface area contributed by atoms with Crippen molar-refractivity contribution in [1.29, 1.82) is 0 Å². The van der Waals surface area contributed by atoms with Crippen molar-refractivity contribution >= 4 is 5.69 Å². The van der Waals surface area contributed by atoms with Crippen LogP contribution in [-0.2, 0) is 13.1 Å². The molecule has 0 fully saturated rings. The molecule has 0 saturated heterocycles. The highest BCUT2D eigenvalue weighted by molar-refractivity contribution is 5.47. The van der Waals surface area contributed by atoms with E-state index in [0.29, 0.717) is 29.9 Å². The smallest absolute Gasteiger partial charge is 0.278 e. The Morgan fingerprint density at radius 3 is 2.52 bits per heavy atom. The minimum Gasteiger partial charge on any atom is -0.307 e. The number of pyridine rings is 1. The Bertz CT molecular complexity index is 657. The molecule has 1 aromatic heterocycles. The topological polar surface area (TPSA) is 68.1 Å². The second-order valence-electron chi connectivity index (χ2n) is 4.85. The van der Waals surface area contributed by atoms with E-state index in [-0.39, 0.29) is 16.4 Å². The van der Waals surface area contributed by atoms with E-state index in [4.69, 9.17) is 0 Å². The van der Waals surface area contributed by atoms with Crippen molar-refractivity contribution in [2.75, 3.05) is 0 Å². The highest BCUT2D eigenvalue weighted by atomic mass is 19.1. The van der Waals surface area contributed by atoms with Gasteiger partial charge in [0.1, 0.15) is 5.82 Å². The summed E-state index contributed by atoms with van der Waals surface area (Å²) < 4.78 is 12.8. The monoisotopic (exact) mass is 289 g/mol. The zero-order valence-electron chi connectivity index (χ0n) is 11.9. The van der Waals surface area contributed by atoms with Gasteiger partial charge in [0.15, 0.2) is 0 Å². The molecule has 110 valence electrons. The summed E-state index contributed by atoms with van der Waals surface area (Å²) in [6.45, 7) is 4.34. The molecule has 2 aromatic rings. The van der Waals surface area contributed by atoms with Gasteiger partial charge in [0.25, 0.3) is 5.69 Å². The number of nitrogens with zero attached hydrogens (tertiary/aromatic N) is 2. The Morgan fingerprint density at radius 2 is 1.90 bits per heavy atom. The van der Waals surface area contributed by atoms with Crippen LogP contribution in [0, 0.1) is 29.8 Å². The van der Waals surface area contributed by atoms with Gasteiger partial charge in [-0.3, -0.25) is 15.1 Å². The van der Waals surface area contributed by atoms with Gasteiger partial charge < -0.3 is 5.32 Å². The van der Waals surface area contributed by atoms with E-state index in [1.54, 1.807) is 26.0 Å². The fourth-order valence-corrected chi connectivity index (χ4v) is 2.15. The van der Waals surface area contributed by atoms with Crippen molar-refractivity contribution in [2.24, 2.45) is 0 Å². The molecule has 0 atom stereocenters. The number of nitro groups is 1. The van der Waals surface area contributed by atoms with Gasteiger partial charge in [0, 0.05) is 30.4 Å². The van der Waals surface area contributed by atoms with E-state index in [2.05, 4.69) is 10.3 Å². The fourth-order valence-electron chi connectivity index (χ4n) is 2.15. The van der Waals surface area contributed by atoms with Crippen molar-refractivity contribution in [3.63, 3.8) is 0 Å². The lowest BCUT2D eigenvalue weighted by Crippen LogP contribution is -2.15. The molecule has 5 nitrogen and oxygen atoms in total. The molecule has 0 aliphatic carbocycles. The number of aryl methyl sites for hydroxylation is 1. The molecule has 6 heteroatoms. The average molecular weight is 289 g/mol. The van der Waals surface area contributed by atoms with Crippen LogP contribution in [0.15, 0.2) is 30.5 Å². The highest BCUT2D eigenvalue weighted by Gasteiger charge is 2.18. The molecule has 0 unspecified atom stereocenters. The number of hydrogen-bond donors (Lipinski definition) is 1. The minimum absolute atomic E-state index is 0.114. The molecule has 2 rings (SSSR count). The molecule has 1 heterocycles. The Hall–Kier alpha value is -2.34. The third kappa shape index (κ3) is 3.61. The first kappa shape index (κ1) is 15.1. The Labute approximate surface area is 122 Å². The van der Waals surface area contributed by atoms with Gasteiger partial charge in [-0.1, -0.05) is 12.1 Å². The second kappa shape index (κ2) is 6.41. The van der Waals surface area contributed by atoms with E-state index in [1.807, 2.05) is 0 Å². The number of aromatic nitrogens is 1. The Balaban J connectivity index is 2.05. The molecular formula is C15H16FN3O2. The number of rotatable bonds is 5. The predicted molar refractivity (Wildman–Crippen MR) is 77.3 cm³/mol. The molecule has 0 aliphatic heterocycles. The Kier molecular flexibility index (Phi) is 4.59. The molecule has 0 saturated carbocycles. The zero-order valence-corrected chi connectivity index (χ0v) is 11.9. The second-order valence-corrected chi connectivity index (χ2v) is 4.85. The molecule has 1 aromatic carbocycles. The van der Waals surface area contributed by atoms with Crippen LogP contribution >= 0.6 is 0 Å². The van der Waals surface area contributed by atoms with Crippen LogP contribution in [0.25, 0.3) is 0 Å². The molecule has 0 spiro atoms. The van der Waals surface area contributed by atoms with Gasteiger partial charge in [-0.25, -0.2) is 4.39 Å². The molecular weight excluding hydrogens is 273 g/mol. The summed E-state index contributed by atoms with van der Waals surface area (Å²) in [5, 5.41) is 14.2. The number of benzene rings is 1. The first-order valence-electron chi connectivity index (χ1n) is 6.53. The largest absolute Gasteiger partial charge is 0.307 e. The van der Waals surface area contributed by atoms with Crippen LogP contribution in [0.1, 0.15) is 22.4 Å². The number of halogens is 1. The molecule has 1 N–H and O–H groups in total. The lowest BCUT2D eigenvalue weighted by atomic mass is 10.1. The van der Waals surface area contributed by atoms with E-state index in [1.165, 1.54) is 18.3 Å². The number of nitrogens with one attached hydrogen (secondary N) is 1. The quantitative estimate of drug-likeness (QED) is 0.678. The van der Waals surface area contributed by atoms with Crippen molar-refractivity contribution in [1.82, 2.24) is 10.3 Å². The maximum atomic E-state index is 12.8. The molecule has 0 aliphatic rings. The summed E-state index contributed by atoms with van der Waals surface area (Å²) in [6, 6.07) is 6.19. The maximum Gasteiger partial charge on any atom is 0.278 e. The highest BCUT2D eigenvalue weighted by Crippen LogP contribution is 2.23. The van der Waals surface area contributed by atoms with Gasteiger partial charge in [-0.15, -0.1) is 0 Å². The lowest BCUT2D eigenvalue weighted by molar-refractivity contribution is -0.386. The van der Waals surface area contributed by atoms with Gasteiger partial charge >= 0.3 is 0 Å². The SMILES string of the molecule is Cc1cnc(CNCc2ccc(F)cc2)c(C)c1[N+](=O)[O-]. The van der Waals surface area contributed by atoms with E-state index < -0.39 is 0 Å². The summed E-state index contributed by atoms with van der Waals surface area (Å²) in [5.41, 5.74) is 2.83. The molecule has 0 bridgehead atoms. The summed E-state index contributed by atoms with van der Waals surface area (Å²) in [4.78, 5) is 14.9. The summed E-state index contributed by atoms with van der Waals surface area (Å²) in [7, 11) is 0. The van der Waals surface area contributed by atoms with Crippen molar-refractivity contribution in [3.05, 3.63) is 68.8 Å². The minimum atomic E-state index is -0.379. The third-order valence-corrected chi connectivity index (χ3v) is 3.29. The zero-order chi connectivity index (χ0) is 15.4. The van der Waals surface area contributed by atoms with Crippen molar-refractivity contribution < 1.29 is 9.31 Å².